The summed E-state index contributed by atoms with van der Waals surface area (Å²) in [5.74, 6) is 3.65. The maximum Gasteiger partial charge on any atom is 0.00131 e. The molecule has 1 fully saturated rings. The summed E-state index contributed by atoms with van der Waals surface area (Å²) in [6, 6.07) is 0.406. The molecule has 0 aliphatic carbocycles. The zero-order valence-electron chi connectivity index (χ0n) is 7.38. The largest absolute Gasteiger partial charge is 0.328 e. The molecule has 1 heterocycles. The lowest BCUT2D eigenvalue weighted by atomic mass is 9.94. The van der Waals surface area contributed by atoms with E-state index < -0.39 is 0 Å². The van der Waals surface area contributed by atoms with Gasteiger partial charge in [-0.25, -0.2) is 0 Å². The van der Waals surface area contributed by atoms with E-state index in [1.54, 1.807) is 0 Å². The molecule has 2 heteroatoms. The van der Waals surface area contributed by atoms with Crippen LogP contribution < -0.4 is 5.73 Å². The van der Waals surface area contributed by atoms with Gasteiger partial charge in [0.2, 0.25) is 0 Å². The molecule has 0 aromatic carbocycles. The van der Waals surface area contributed by atoms with Crippen LogP contribution in [0.25, 0.3) is 0 Å². The van der Waals surface area contributed by atoms with E-state index in [1.807, 2.05) is 0 Å². The summed E-state index contributed by atoms with van der Waals surface area (Å²) in [4.78, 5) is 0. The molecular formula is C9H19NS. The summed E-state index contributed by atoms with van der Waals surface area (Å²) < 4.78 is 0. The van der Waals surface area contributed by atoms with E-state index in [4.69, 9.17) is 5.73 Å². The highest BCUT2D eigenvalue weighted by Gasteiger charge is 2.13. The fraction of sp³-hybridized carbons (Fsp3) is 1.00. The van der Waals surface area contributed by atoms with Crippen LogP contribution in [0.2, 0.25) is 0 Å². The van der Waals surface area contributed by atoms with Gasteiger partial charge < -0.3 is 5.73 Å². The second kappa shape index (κ2) is 5.04. The third kappa shape index (κ3) is 4.02. The fourth-order valence-electron chi connectivity index (χ4n) is 1.73. The van der Waals surface area contributed by atoms with Crippen LogP contribution in [-0.2, 0) is 0 Å². The Balaban J connectivity index is 2.20. The Morgan fingerprint density at radius 1 is 1.45 bits per heavy atom. The predicted octanol–water partition coefficient (Wildman–Crippen LogP) is 2.26. The third-order valence-corrected chi connectivity index (χ3v) is 3.38. The molecule has 2 unspecified atom stereocenters. The normalized spacial score (nSPS) is 29.5. The van der Waals surface area contributed by atoms with Crippen LogP contribution in [0, 0.1) is 5.92 Å². The molecule has 0 aromatic rings. The number of nitrogens with two attached hydrogens (primary N) is 1. The van der Waals surface area contributed by atoms with Crippen molar-refractivity contribution in [2.24, 2.45) is 11.7 Å². The first-order chi connectivity index (χ1) is 5.29. The van der Waals surface area contributed by atoms with Gasteiger partial charge in [-0.15, -0.1) is 0 Å². The standard InChI is InChI=1S/C9H19NS/c1-8(10)7-9-3-2-5-11-6-4-9/h8-9H,2-7,10H2,1H3. The van der Waals surface area contributed by atoms with Crippen LogP contribution in [0.4, 0.5) is 0 Å². The van der Waals surface area contributed by atoms with Gasteiger partial charge in [0, 0.05) is 6.04 Å². The van der Waals surface area contributed by atoms with Gasteiger partial charge in [-0.05, 0) is 50.0 Å². The van der Waals surface area contributed by atoms with Crippen LogP contribution in [0.5, 0.6) is 0 Å². The van der Waals surface area contributed by atoms with Crippen molar-refractivity contribution in [2.75, 3.05) is 11.5 Å². The lowest BCUT2D eigenvalue weighted by Crippen LogP contribution is -2.19. The monoisotopic (exact) mass is 173 g/mol. The SMILES string of the molecule is CC(N)CC1CCCSCC1. The van der Waals surface area contributed by atoms with E-state index in [9.17, 15) is 0 Å². The number of hydrogen-bond donors (Lipinski definition) is 1. The van der Waals surface area contributed by atoms with Crippen LogP contribution in [0.1, 0.15) is 32.6 Å². The molecule has 1 rings (SSSR count). The average molecular weight is 173 g/mol. The Hall–Kier alpha value is 0.310. The molecule has 1 saturated heterocycles. The van der Waals surface area contributed by atoms with Crippen LogP contribution in [0.15, 0.2) is 0 Å². The summed E-state index contributed by atoms with van der Waals surface area (Å²) in [5, 5.41) is 0. The van der Waals surface area contributed by atoms with Crippen molar-refractivity contribution in [3.05, 3.63) is 0 Å². The molecule has 11 heavy (non-hydrogen) atoms. The average Bonchev–Trinajstić information content (AvgIpc) is 2.14. The highest BCUT2D eigenvalue weighted by molar-refractivity contribution is 7.99. The highest BCUT2D eigenvalue weighted by atomic mass is 32.2. The highest BCUT2D eigenvalue weighted by Crippen LogP contribution is 2.24. The van der Waals surface area contributed by atoms with Crippen molar-refractivity contribution in [3.8, 4) is 0 Å². The second-order valence-electron chi connectivity index (χ2n) is 3.62. The first-order valence-electron chi connectivity index (χ1n) is 4.62. The number of hydrogen-bond acceptors (Lipinski definition) is 2. The molecule has 2 atom stereocenters. The Kier molecular flexibility index (Phi) is 4.31. The molecule has 0 bridgehead atoms. The van der Waals surface area contributed by atoms with Crippen LogP contribution in [-0.4, -0.2) is 17.5 Å². The van der Waals surface area contributed by atoms with Crippen molar-refractivity contribution >= 4 is 11.8 Å². The molecular weight excluding hydrogens is 154 g/mol. The van der Waals surface area contributed by atoms with E-state index in [-0.39, 0.29) is 0 Å². The van der Waals surface area contributed by atoms with Crippen molar-refractivity contribution in [3.63, 3.8) is 0 Å². The van der Waals surface area contributed by atoms with E-state index in [0.29, 0.717) is 6.04 Å². The summed E-state index contributed by atoms with van der Waals surface area (Å²) in [5.41, 5.74) is 5.77. The zero-order valence-corrected chi connectivity index (χ0v) is 8.20. The smallest absolute Gasteiger partial charge is 0.00131 e. The molecule has 0 spiro atoms. The van der Waals surface area contributed by atoms with Crippen molar-refractivity contribution in [1.29, 1.82) is 0 Å². The molecule has 66 valence electrons. The fourth-order valence-corrected chi connectivity index (χ4v) is 2.81. The summed E-state index contributed by atoms with van der Waals surface area (Å²) >= 11 is 2.11. The van der Waals surface area contributed by atoms with E-state index in [0.717, 1.165) is 5.92 Å². The van der Waals surface area contributed by atoms with E-state index in [1.165, 1.54) is 37.2 Å². The van der Waals surface area contributed by atoms with Gasteiger partial charge in [-0.1, -0.05) is 0 Å². The van der Waals surface area contributed by atoms with Gasteiger partial charge in [0.1, 0.15) is 0 Å². The second-order valence-corrected chi connectivity index (χ2v) is 4.85. The lowest BCUT2D eigenvalue weighted by Gasteiger charge is -2.15. The Labute approximate surface area is 74.1 Å². The topological polar surface area (TPSA) is 26.0 Å². The minimum atomic E-state index is 0.406. The zero-order chi connectivity index (χ0) is 8.10. The Bertz CT molecular complexity index is 95.7. The third-order valence-electron chi connectivity index (χ3n) is 2.28. The maximum atomic E-state index is 5.77. The quantitative estimate of drug-likeness (QED) is 0.693. The maximum absolute atomic E-state index is 5.77. The summed E-state index contributed by atoms with van der Waals surface area (Å²) in [6.07, 6.45) is 5.45. The van der Waals surface area contributed by atoms with Crippen molar-refractivity contribution < 1.29 is 0 Å². The first kappa shape index (κ1) is 9.40. The number of rotatable bonds is 2. The van der Waals surface area contributed by atoms with Crippen molar-refractivity contribution in [1.82, 2.24) is 0 Å². The minimum absolute atomic E-state index is 0.406. The minimum Gasteiger partial charge on any atom is -0.328 e. The van der Waals surface area contributed by atoms with E-state index >= 15 is 0 Å². The summed E-state index contributed by atoms with van der Waals surface area (Å²) in [6.45, 7) is 2.12. The van der Waals surface area contributed by atoms with Gasteiger partial charge in [0.15, 0.2) is 0 Å². The van der Waals surface area contributed by atoms with Crippen LogP contribution >= 0.6 is 11.8 Å². The lowest BCUT2D eigenvalue weighted by molar-refractivity contribution is 0.410. The van der Waals surface area contributed by atoms with Gasteiger partial charge in [0.05, 0.1) is 0 Å². The van der Waals surface area contributed by atoms with Crippen molar-refractivity contribution in [2.45, 2.75) is 38.6 Å². The molecule has 0 aromatic heterocycles. The molecule has 1 aliphatic rings. The first-order valence-corrected chi connectivity index (χ1v) is 5.78. The Morgan fingerprint density at radius 3 is 3.00 bits per heavy atom. The molecule has 0 saturated carbocycles. The summed E-state index contributed by atoms with van der Waals surface area (Å²) in [7, 11) is 0. The molecule has 0 amide bonds. The van der Waals surface area contributed by atoms with E-state index in [2.05, 4.69) is 18.7 Å². The molecule has 2 N–H and O–H groups in total. The molecule has 1 aliphatic heterocycles. The predicted molar refractivity (Wildman–Crippen MR) is 52.9 cm³/mol. The molecule has 0 radical (unpaired) electrons. The molecule has 1 nitrogen and oxygen atoms in total. The van der Waals surface area contributed by atoms with Gasteiger partial charge in [-0.2, -0.15) is 11.8 Å². The van der Waals surface area contributed by atoms with Gasteiger partial charge in [-0.3, -0.25) is 0 Å². The van der Waals surface area contributed by atoms with Crippen LogP contribution in [0.3, 0.4) is 0 Å². The van der Waals surface area contributed by atoms with Gasteiger partial charge in [0.25, 0.3) is 0 Å². The Morgan fingerprint density at radius 2 is 2.27 bits per heavy atom. The number of thioether (sulfide) groups is 1. The van der Waals surface area contributed by atoms with Gasteiger partial charge >= 0.3 is 0 Å².